The Hall–Kier alpha value is -2.08. The van der Waals surface area contributed by atoms with Gasteiger partial charge < -0.3 is 15.2 Å². The van der Waals surface area contributed by atoms with Gasteiger partial charge in [0.25, 0.3) is 0 Å². The van der Waals surface area contributed by atoms with Crippen LogP contribution >= 0.6 is 15.9 Å². The monoisotopic (exact) mass is 352 g/mol. The quantitative estimate of drug-likeness (QED) is 0.639. The molecule has 2 rings (SSSR count). The average Bonchev–Trinajstić information content (AvgIpc) is 2.46. The molecule has 0 saturated heterocycles. The van der Waals surface area contributed by atoms with E-state index in [0.717, 1.165) is 0 Å². The highest BCUT2D eigenvalue weighted by atomic mass is 79.9. The second kappa shape index (κ2) is 6.58. The molecular weight excluding hydrogens is 339 g/mol. The van der Waals surface area contributed by atoms with E-state index in [0.29, 0.717) is 27.1 Å². The molecule has 0 heterocycles. The minimum Gasteiger partial charge on any atom is -0.497 e. The third kappa shape index (κ3) is 3.95. The van der Waals surface area contributed by atoms with Crippen molar-refractivity contribution in [2.45, 2.75) is 6.61 Å². The maximum absolute atomic E-state index is 13.7. The van der Waals surface area contributed by atoms with Gasteiger partial charge in [0.05, 0.1) is 7.11 Å². The van der Waals surface area contributed by atoms with Crippen LogP contribution < -0.4 is 15.2 Å². The molecule has 0 radical (unpaired) electrons. The van der Waals surface area contributed by atoms with Crippen LogP contribution in [0.3, 0.4) is 0 Å². The SMILES string of the molecule is COc1cc(OCc2ccc(Br)cc2F)cc(C(=N)N)c1. The Balaban J connectivity index is 2.19. The lowest BCUT2D eigenvalue weighted by Crippen LogP contribution is -2.11. The normalized spacial score (nSPS) is 10.2. The summed E-state index contributed by atoms with van der Waals surface area (Å²) in [7, 11) is 1.51. The maximum Gasteiger partial charge on any atom is 0.130 e. The molecular formula is C15H14BrFN2O2. The van der Waals surface area contributed by atoms with Gasteiger partial charge in [-0.25, -0.2) is 4.39 Å². The number of ether oxygens (including phenoxy) is 2. The van der Waals surface area contributed by atoms with Gasteiger partial charge in [-0.2, -0.15) is 0 Å². The summed E-state index contributed by atoms with van der Waals surface area (Å²) < 4.78 is 25.1. The van der Waals surface area contributed by atoms with Gasteiger partial charge in [0.2, 0.25) is 0 Å². The first-order valence-corrected chi connectivity index (χ1v) is 6.89. The van der Waals surface area contributed by atoms with Crippen molar-refractivity contribution in [2.24, 2.45) is 5.73 Å². The molecule has 0 bridgehead atoms. The lowest BCUT2D eigenvalue weighted by Gasteiger charge is -2.11. The molecule has 6 heteroatoms. The summed E-state index contributed by atoms with van der Waals surface area (Å²) in [5.41, 5.74) is 6.38. The van der Waals surface area contributed by atoms with Crippen LogP contribution in [0.15, 0.2) is 40.9 Å². The van der Waals surface area contributed by atoms with E-state index >= 15 is 0 Å². The maximum atomic E-state index is 13.7. The highest BCUT2D eigenvalue weighted by molar-refractivity contribution is 9.10. The summed E-state index contributed by atoms with van der Waals surface area (Å²) in [5, 5.41) is 7.46. The summed E-state index contributed by atoms with van der Waals surface area (Å²) in [6.45, 7) is 0.0730. The number of nitrogens with two attached hydrogens (primary N) is 1. The van der Waals surface area contributed by atoms with Crippen LogP contribution in [-0.2, 0) is 6.61 Å². The second-order valence-electron chi connectivity index (χ2n) is 4.34. The van der Waals surface area contributed by atoms with E-state index in [1.165, 1.54) is 13.2 Å². The fourth-order valence-corrected chi connectivity index (χ4v) is 2.06. The highest BCUT2D eigenvalue weighted by Gasteiger charge is 2.07. The molecule has 0 unspecified atom stereocenters. The van der Waals surface area contributed by atoms with E-state index < -0.39 is 0 Å². The Bertz CT molecular complexity index is 677. The third-order valence-electron chi connectivity index (χ3n) is 2.84. The van der Waals surface area contributed by atoms with E-state index in [1.54, 1.807) is 30.3 Å². The Morgan fingerprint density at radius 1 is 1.24 bits per heavy atom. The van der Waals surface area contributed by atoms with Crippen LogP contribution in [0.1, 0.15) is 11.1 Å². The van der Waals surface area contributed by atoms with E-state index in [9.17, 15) is 4.39 Å². The predicted molar refractivity (Wildman–Crippen MR) is 82.4 cm³/mol. The molecule has 110 valence electrons. The minimum absolute atomic E-state index is 0.0730. The van der Waals surface area contributed by atoms with Crippen LogP contribution in [0.2, 0.25) is 0 Å². The summed E-state index contributed by atoms with van der Waals surface area (Å²) in [4.78, 5) is 0. The van der Waals surface area contributed by atoms with Crippen molar-refractivity contribution in [1.29, 1.82) is 5.41 Å². The van der Waals surface area contributed by atoms with Gasteiger partial charge in [0, 0.05) is 21.7 Å². The largest absolute Gasteiger partial charge is 0.497 e. The van der Waals surface area contributed by atoms with Gasteiger partial charge >= 0.3 is 0 Å². The molecule has 2 aromatic carbocycles. The topological polar surface area (TPSA) is 68.3 Å². The lowest BCUT2D eigenvalue weighted by atomic mass is 10.2. The summed E-state index contributed by atoms with van der Waals surface area (Å²) in [5.74, 6) is 0.545. The van der Waals surface area contributed by atoms with Crippen LogP contribution in [0.4, 0.5) is 4.39 Å². The van der Waals surface area contributed by atoms with E-state index in [-0.39, 0.29) is 18.3 Å². The van der Waals surface area contributed by atoms with E-state index in [1.807, 2.05) is 0 Å². The first-order chi connectivity index (χ1) is 9.99. The minimum atomic E-state index is -0.348. The highest BCUT2D eigenvalue weighted by Crippen LogP contribution is 2.24. The van der Waals surface area contributed by atoms with Crippen molar-refractivity contribution < 1.29 is 13.9 Å². The smallest absolute Gasteiger partial charge is 0.130 e. The molecule has 0 atom stereocenters. The Labute approximate surface area is 130 Å². The van der Waals surface area contributed by atoms with Crippen molar-refractivity contribution >= 4 is 21.8 Å². The lowest BCUT2D eigenvalue weighted by molar-refractivity contribution is 0.297. The molecule has 0 amide bonds. The molecule has 3 N–H and O–H groups in total. The molecule has 0 aliphatic carbocycles. The molecule has 0 aliphatic rings. The van der Waals surface area contributed by atoms with Gasteiger partial charge in [-0.15, -0.1) is 0 Å². The zero-order valence-electron chi connectivity index (χ0n) is 11.3. The van der Waals surface area contributed by atoms with Crippen molar-refractivity contribution in [3.05, 3.63) is 57.8 Å². The number of rotatable bonds is 5. The molecule has 2 aromatic rings. The van der Waals surface area contributed by atoms with Crippen LogP contribution in [0.25, 0.3) is 0 Å². The number of hydrogen-bond acceptors (Lipinski definition) is 3. The first kappa shape index (κ1) is 15.3. The number of amidine groups is 1. The van der Waals surface area contributed by atoms with Crippen LogP contribution in [-0.4, -0.2) is 12.9 Å². The van der Waals surface area contributed by atoms with Crippen molar-refractivity contribution in [2.75, 3.05) is 7.11 Å². The Morgan fingerprint density at radius 3 is 2.57 bits per heavy atom. The molecule has 0 aliphatic heterocycles. The molecule has 21 heavy (non-hydrogen) atoms. The van der Waals surface area contributed by atoms with Crippen molar-refractivity contribution in [3.8, 4) is 11.5 Å². The summed E-state index contributed by atoms with van der Waals surface area (Å²) >= 11 is 3.20. The summed E-state index contributed by atoms with van der Waals surface area (Å²) in [6.07, 6.45) is 0. The fraction of sp³-hybridized carbons (Fsp3) is 0.133. The first-order valence-electron chi connectivity index (χ1n) is 6.10. The fourth-order valence-electron chi connectivity index (χ4n) is 1.73. The average molecular weight is 353 g/mol. The van der Waals surface area contributed by atoms with Crippen LogP contribution in [0.5, 0.6) is 11.5 Å². The summed E-state index contributed by atoms with van der Waals surface area (Å²) in [6, 6.07) is 9.67. The van der Waals surface area contributed by atoms with Crippen LogP contribution in [0, 0.1) is 11.2 Å². The zero-order chi connectivity index (χ0) is 15.4. The third-order valence-corrected chi connectivity index (χ3v) is 3.33. The van der Waals surface area contributed by atoms with E-state index in [2.05, 4.69) is 15.9 Å². The molecule has 0 spiro atoms. The number of halogens is 2. The Kier molecular flexibility index (Phi) is 4.80. The van der Waals surface area contributed by atoms with Gasteiger partial charge in [-0.3, -0.25) is 5.41 Å². The van der Waals surface area contributed by atoms with Crippen molar-refractivity contribution in [1.82, 2.24) is 0 Å². The number of nitrogen functional groups attached to an aromatic ring is 1. The van der Waals surface area contributed by atoms with Crippen molar-refractivity contribution in [3.63, 3.8) is 0 Å². The predicted octanol–water partition coefficient (Wildman–Crippen LogP) is 3.46. The van der Waals surface area contributed by atoms with Gasteiger partial charge in [-0.1, -0.05) is 22.0 Å². The number of benzene rings is 2. The standard InChI is InChI=1S/C15H14BrFN2O2/c1-20-12-4-10(15(18)19)5-13(7-12)21-8-9-2-3-11(16)6-14(9)17/h2-7H,8H2,1H3,(H3,18,19). The molecule has 0 fully saturated rings. The van der Waals surface area contributed by atoms with E-state index in [4.69, 9.17) is 20.6 Å². The second-order valence-corrected chi connectivity index (χ2v) is 5.25. The van der Waals surface area contributed by atoms with Gasteiger partial charge in [0.15, 0.2) is 0 Å². The number of hydrogen-bond donors (Lipinski definition) is 2. The molecule has 0 saturated carbocycles. The van der Waals surface area contributed by atoms with Gasteiger partial charge in [-0.05, 0) is 24.3 Å². The zero-order valence-corrected chi connectivity index (χ0v) is 12.9. The Morgan fingerprint density at radius 2 is 1.95 bits per heavy atom. The number of methoxy groups -OCH3 is 1. The van der Waals surface area contributed by atoms with Gasteiger partial charge in [0.1, 0.15) is 29.8 Å². The molecule has 4 nitrogen and oxygen atoms in total. The molecule has 0 aromatic heterocycles. The number of nitrogens with one attached hydrogen (secondary N) is 1.